The van der Waals surface area contributed by atoms with Gasteiger partial charge in [0.1, 0.15) is 6.73 Å². The van der Waals surface area contributed by atoms with E-state index in [1.54, 1.807) is 0 Å². The van der Waals surface area contributed by atoms with E-state index in [9.17, 15) is 4.79 Å². The topological polar surface area (TPSA) is 48.1 Å². The number of piperidine rings is 1. The number of anilines is 4. The van der Waals surface area contributed by atoms with Crippen LogP contribution < -0.4 is 15.1 Å². The van der Waals surface area contributed by atoms with Crippen LogP contribution in [0.5, 0.6) is 0 Å². The summed E-state index contributed by atoms with van der Waals surface area (Å²) in [6.07, 6.45) is 2.06. The van der Waals surface area contributed by atoms with Crippen LogP contribution in [0.15, 0.2) is 78.9 Å². The van der Waals surface area contributed by atoms with Crippen LogP contribution in [0.2, 0.25) is 0 Å². The van der Waals surface area contributed by atoms with Crippen molar-refractivity contribution >= 4 is 28.7 Å². The Morgan fingerprint density at radius 2 is 1.61 bits per heavy atom. The van der Waals surface area contributed by atoms with Crippen molar-refractivity contribution in [2.75, 3.05) is 41.5 Å². The maximum atomic E-state index is 12.8. The van der Waals surface area contributed by atoms with Gasteiger partial charge in [0.2, 0.25) is 5.91 Å². The Morgan fingerprint density at radius 3 is 2.33 bits per heavy atom. The second kappa shape index (κ2) is 11.1. The van der Waals surface area contributed by atoms with Gasteiger partial charge in [0, 0.05) is 53.5 Å². The number of fused-ring (bicyclic) bond motifs is 1. The number of rotatable bonds is 7. The number of hydrogen-bond donors (Lipinski definition) is 1. The third-order valence-corrected chi connectivity index (χ3v) is 7.13. The predicted octanol–water partition coefficient (Wildman–Crippen LogP) is 5.63. The molecular weight excluding hydrogens is 448 g/mol. The summed E-state index contributed by atoms with van der Waals surface area (Å²) in [5.74, 6) is 0.0385. The Hall–Kier alpha value is -3.35. The molecule has 6 heteroatoms. The van der Waals surface area contributed by atoms with Gasteiger partial charge in [-0.25, -0.2) is 0 Å². The van der Waals surface area contributed by atoms with Gasteiger partial charge >= 0.3 is 0 Å². The SMILES string of the molecule is CC(C)N(c1ccccc1)c1ccc(NC(=O)CN2CCC(N3COCc4ccccc43)CC2)cc1. The fourth-order valence-corrected chi connectivity index (χ4v) is 5.37. The van der Waals surface area contributed by atoms with Gasteiger partial charge in [-0.15, -0.1) is 0 Å². The molecule has 1 fully saturated rings. The highest BCUT2D eigenvalue weighted by Crippen LogP contribution is 2.31. The number of nitrogens with zero attached hydrogens (tertiary/aromatic N) is 3. The van der Waals surface area contributed by atoms with E-state index in [0.717, 1.165) is 43.0 Å². The minimum atomic E-state index is 0.0385. The summed E-state index contributed by atoms with van der Waals surface area (Å²) in [4.78, 5) is 19.7. The predicted molar refractivity (Wildman–Crippen MR) is 147 cm³/mol. The maximum Gasteiger partial charge on any atom is 0.238 e. The van der Waals surface area contributed by atoms with Crippen molar-refractivity contribution in [3.63, 3.8) is 0 Å². The molecule has 2 aliphatic heterocycles. The van der Waals surface area contributed by atoms with Crippen LogP contribution in [0.25, 0.3) is 0 Å². The second-order valence-electron chi connectivity index (χ2n) is 9.98. The number of amides is 1. The standard InChI is InChI=1S/C30H36N4O2/c1-23(2)34(27-9-4-3-5-10-27)28-14-12-25(13-15-28)31-30(35)20-32-18-16-26(17-19-32)33-22-36-21-24-8-6-7-11-29(24)33/h3-15,23,26H,16-22H2,1-2H3,(H,31,35). The zero-order valence-corrected chi connectivity index (χ0v) is 21.3. The van der Waals surface area contributed by atoms with E-state index in [2.05, 4.69) is 94.5 Å². The minimum Gasteiger partial charge on any atom is -0.356 e. The summed E-state index contributed by atoms with van der Waals surface area (Å²) in [7, 11) is 0. The molecule has 2 aliphatic rings. The fourth-order valence-electron chi connectivity index (χ4n) is 5.37. The van der Waals surface area contributed by atoms with Crippen molar-refractivity contribution in [1.29, 1.82) is 0 Å². The normalized spacial score (nSPS) is 16.6. The molecule has 3 aromatic rings. The Labute approximate surface area is 214 Å². The third kappa shape index (κ3) is 5.55. The summed E-state index contributed by atoms with van der Waals surface area (Å²) >= 11 is 0. The van der Waals surface area contributed by atoms with Crippen LogP contribution in [-0.4, -0.2) is 49.3 Å². The number of carbonyl (C=O) groups is 1. The Bertz CT molecular complexity index is 1140. The molecule has 36 heavy (non-hydrogen) atoms. The van der Waals surface area contributed by atoms with Crippen molar-refractivity contribution in [2.24, 2.45) is 0 Å². The lowest BCUT2D eigenvalue weighted by molar-refractivity contribution is -0.117. The molecule has 0 unspecified atom stereocenters. The molecule has 0 saturated carbocycles. The van der Waals surface area contributed by atoms with Crippen molar-refractivity contribution in [2.45, 2.75) is 45.4 Å². The van der Waals surface area contributed by atoms with Crippen molar-refractivity contribution < 1.29 is 9.53 Å². The van der Waals surface area contributed by atoms with E-state index in [1.807, 2.05) is 18.2 Å². The minimum absolute atomic E-state index is 0.0385. The molecule has 6 nitrogen and oxygen atoms in total. The first-order chi connectivity index (χ1) is 17.6. The van der Waals surface area contributed by atoms with Gasteiger partial charge in [0.05, 0.1) is 13.2 Å². The van der Waals surface area contributed by atoms with Crippen molar-refractivity contribution in [3.8, 4) is 0 Å². The molecule has 0 atom stereocenters. The highest BCUT2D eigenvalue weighted by Gasteiger charge is 2.28. The molecule has 188 valence electrons. The van der Waals surface area contributed by atoms with Gasteiger partial charge in [-0.2, -0.15) is 0 Å². The summed E-state index contributed by atoms with van der Waals surface area (Å²) in [5.41, 5.74) is 5.66. The molecule has 0 radical (unpaired) electrons. The van der Waals surface area contributed by atoms with E-state index >= 15 is 0 Å². The summed E-state index contributed by atoms with van der Waals surface area (Å²) in [6.45, 7) is 7.95. The van der Waals surface area contributed by atoms with Crippen molar-refractivity contribution in [3.05, 3.63) is 84.4 Å². The molecule has 1 N–H and O–H groups in total. The van der Waals surface area contributed by atoms with Crippen LogP contribution >= 0.6 is 0 Å². The molecule has 0 spiro atoms. The van der Waals surface area contributed by atoms with Gasteiger partial charge < -0.3 is 19.9 Å². The van der Waals surface area contributed by atoms with Gasteiger partial charge in [-0.05, 0) is 69.2 Å². The number of nitrogens with one attached hydrogen (secondary N) is 1. The van der Waals surface area contributed by atoms with Gasteiger partial charge in [-0.3, -0.25) is 9.69 Å². The molecule has 1 saturated heterocycles. The third-order valence-electron chi connectivity index (χ3n) is 7.13. The summed E-state index contributed by atoms with van der Waals surface area (Å²) in [5, 5.41) is 3.08. The van der Waals surface area contributed by atoms with E-state index < -0.39 is 0 Å². The largest absolute Gasteiger partial charge is 0.356 e. The Balaban J connectivity index is 1.13. The van der Waals surface area contributed by atoms with Gasteiger partial charge in [0.15, 0.2) is 0 Å². The molecule has 0 aromatic heterocycles. The van der Waals surface area contributed by atoms with Gasteiger partial charge in [-0.1, -0.05) is 36.4 Å². The highest BCUT2D eigenvalue weighted by atomic mass is 16.5. The zero-order valence-electron chi connectivity index (χ0n) is 21.3. The van der Waals surface area contributed by atoms with Gasteiger partial charge in [0.25, 0.3) is 0 Å². The average Bonchev–Trinajstić information content (AvgIpc) is 2.90. The fraction of sp³-hybridized carbons (Fsp3) is 0.367. The lowest BCUT2D eigenvalue weighted by Gasteiger charge is -2.41. The van der Waals surface area contributed by atoms with Crippen molar-refractivity contribution in [1.82, 2.24) is 4.90 Å². The number of carbonyl (C=O) groups excluding carboxylic acids is 1. The van der Waals surface area contributed by atoms with Crippen LogP contribution in [0, 0.1) is 0 Å². The number of likely N-dealkylation sites (tertiary alicyclic amines) is 1. The Kier molecular flexibility index (Phi) is 7.54. The smallest absolute Gasteiger partial charge is 0.238 e. The number of hydrogen-bond acceptors (Lipinski definition) is 5. The highest BCUT2D eigenvalue weighted by molar-refractivity contribution is 5.92. The number of ether oxygens (including phenoxy) is 1. The van der Waals surface area contributed by atoms with E-state index in [4.69, 9.17) is 4.74 Å². The maximum absolute atomic E-state index is 12.8. The summed E-state index contributed by atoms with van der Waals surface area (Å²) < 4.78 is 5.83. The first-order valence-electron chi connectivity index (χ1n) is 13.0. The second-order valence-corrected chi connectivity index (χ2v) is 9.98. The van der Waals surface area contributed by atoms with Crippen LogP contribution in [0.1, 0.15) is 32.3 Å². The van der Waals surface area contributed by atoms with E-state index in [1.165, 1.54) is 11.3 Å². The molecule has 0 aliphatic carbocycles. The first kappa shape index (κ1) is 24.3. The zero-order chi connectivity index (χ0) is 24.9. The molecular formula is C30H36N4O2. The Morgan fingerprint density at radius 1 is 0.944 bits per heavy atom. The van der Waals surface area contributed by atoms with Crippen LogP contribution in [0.3, 0.4) is 0 Å². The monoisotopic (exact) mass is 484 g/mol. The number of benzene rings is 3. The number of para-hydroxylation sites is 2. The van der Waals surface area contributed by atoms with E-state index in [0.29, 0.717) is 32.0 Å². The van der Waals surface area contributed by atoms with E-state index in [-0.39, 0.29) is 5.91 Å². The lowest BCUT2D eigenvalue weighted by Crippen LogP contribution is -2.48. The van der Waals surface area contributed by atoms with Crippen LogP contribution in [0.4, 0.5) is 22.7 Å². The first-order valence-corrected chi connectivity index (χ1v) is 13.0. The molecule has 5 rings (SSSR count). The molecule has 0 bridgehead atoms. The average molecular weight is 485 g/mol. The summed E-state index contributed by atoms with van der Waals surface area (Å²) in [6, 6.07) is 27.8. The quantitative estimate of drug-likeness (QED) is 0.471. The molecule has 1 amide bonds. The molecule has 3 aromatic carbocycles. The van der Waals surface area contributed by atoms with Crippen LogP contribution in [-0.2, 0) is 16.1 Å². The molecule has 2 heterocycles. The lowest BCUT2D eigenvalue weighted by atomic mass is 10.0.